The van der Waals surface area contributed by atoms with Crippen LogP contribution >= 0.6 is 11.6 Å². The van der Waals surface area contributed by atoms with Crippen LogP contribution in [0.1, 0.15) is 12.0 Å². The van der Waals surface area contributed by atoms with Crippen LogP contribution in [0.25, 0.3) is 0 Å². The van der Waals surface area contributed by atoms with Crippen molar-refractivity contribution < 1.29 is 9.53 Å². The third kappa shape index (κ3) is 2.10. The summed E-state index contributed by atoms with van der Waals surface area (Å²) in [6, 6.07) is 4.07. The van der Waals surface area contributed by atoms with Gasteiger partial charge in [-0.3, -0.25) is 4.79 Å². The molecule has 0 saturated carbocycles. The molecular formula is C12H13ClN2O2. The molecule has 1 aromatic rings. The van der Waals surface area contributed by atoms with E-state index in [0.717, 1.165) is 30.0 Å². The first-order chi connectivity index (χ1) is 8.22. The van der Waals surface area contributed by atoms with E-state index in [1.807, 2.05) is 6.07 Å². The third-order valence-corrected chi connectivity index (χ3v) is 3.42. The molecule has 1 aromatic carbocycles. The number of anilines is 2. The molecule has 5 heteroatoms. The molecular weight excluding hydrogens is 240 g/mol. The van der Waals surface area contributed by atoms with Gasteiger partial charge in [-0.2, -0.15) is 0 Å². The van der Waals surface area contributed by atoms with Crippen molar-refractivity contribution in [2.45, 2.75) is 18.9 Å². The number of halogens is 1. The second kappa shape index (κ2) is 4.20. The van der Waals surface area contributed by atoms with Crippen LogP contribution in [-0.2, 0) is 16.0 Å². The third-order valence-electron chi connectivity index (χ3n) is 3.11. The number of amides is 1. The Morgan fingerprint density at radius 3 is 3.12 bits per heavy atom. The van der Waals surface area contributed by atoms with Gasteiger partial charge in [-0.25, -0.2) is 0 Å². The van der Waals surface area contributed by atoms with E-state index in [-0.39, 0.29) is 5.91 Å². The minimum absolute atomic E-state index is 0.0254. The van der Waals surface area contributed by atoms with Gasteiger partial charge in [0.15, 0.2) is 0 Å². The fraction of sp³-hybridized carbons (Fsp3) is 0.417. The highest BCUT2D eigenvalue weighted by Crippen LogP contribution is 2.33. The largest absolute Gasteiger partial charge is 0.379 e. The Kier molecular flexibility index (Phi) is 2.68. The van der Waals surface area contributed by atoms with Crippen LogP contribution in [0.5, 0.6) is 0 Å². The molecule has 2 aliphatic rings. The van der Waals surface area contributed by atoms with Gasteiger partial charge in [-0.15, -0.1) is 0 Å². The van der Waals surface area contributed by atoms with Crippen molar-refractivity contribution in [1.82, 2.24) is 0 Å². The molecule has 0 aromatic heterocycles. The Hall–Kier alpha value is -1.26. The molecule has 3 rings (SSSR count). The number of benzene rings is 1. The highest BCUT2D eigenvalue weighted by molar-refractivity contribution is 6.33. The lowest BCUT2D eigenvalue weighted by Crippen LogP contribution is -2.19. The first kappa shape index (κ1) is 10.9. The van der Waals surface area contributed by atoms with Gasteiger partial charge in [0.1, 0.15) is 0 Å². The Labute approximate surface area is 104 Å². The molecule has 0 radical (unpaired) electrons. The summed E-state index contributed by atoms with van der Waals surface area (Å²) in [5.74, 6) is 0.0254. The van der Waals surface area contributed by atoms with E-state index < -0.39 is 0 Å². The Bertz CT molecular complexity index is 470. The normalized spacial score (nSPS) is 22.4. The van der Waals surface area contributed by atoms with Crippen LogP contribution in [0.15, 0.2) is 12.1 Å². The molecule has 1 unspecified atom stereocenters. The van der Waals surface area contributed by atoms with Gasteiger partial charge in [-0.05, 0) is 24.1 Å². The lowest BCUT2D eigenvalue weighted by molar-refractivity contribution is -0.115. The summed E-state index contributed by atoms with van der Waals surface area (Å²) in [7, 11) is 0. The molecule has 1 fully saturated rings. The second-order valence-electron chi connectivity index (χ2n) is 4.42. The Morgan fingerprint density at radius 2 is 2.35 bits per heavy atom. The number of nitrogens with one attached hydrogen (secondary N) is 2. The number of ether oxygens (including phenoxy) is 1. The maximum absolute atomic E-state index is 11.3. The second-order valence-corrected chi connectivity index (χ2v) is 4.83. The van der Waals surface area contributed by atoms with E-state index in [2.05, 4.69) is 10.6 Å². The monoisotopic (exact) mass is 252 g/mol. The van der Waals surface area contributed by atoms with E-state index in [4.69, 9.17) is 16.3 Å². The highest BCUT2D eigenvalue weighted by atomic mass is 35.5. The molecule has 17 heavy (non-hydrogen) atoms. The molecule has 1 saturated heterocycles. The minimum Gasteiger partial charge on any atom is -0.379 e. The maximum Gasteiger partial charge on any atom is 0.228 e. The van der Waals surface area contributed by atoms with Crippen molar-refractivity contribution in [2.24, 2.45) is 0 Å². The van der Waals surface area contributed by atoms with Gasteiger partial charge in [0.05, 0.1) is 29.8 Å². The summed E-state index contributed by atoms with van der Waals surface area (Å²) in [5.41, 5.74) is 2.71. The van der Waals surface area contributed by atoms with Crippen LogP contribution in [0, 0.1) is 0 Å². The van der Waals surface area contributed by atoms with Crippen LogP contribution in [-0.4, -0.2) is 25.2 Å². The van der Waals surface area contributed by atoms with Crippen molar-refractivity contribution >= 4 is 28.9 Å². The molecule has 4 nitrogen and oxygen atoms in total. The predicted molar refractivity (Wildman–Crippen MR) is 66.6 cm³/mol. The lowest BCUT2D eigenvalue weighted by Gasteiger charge is -2.14. The van der Waals surface area contributed by atoms with E-state index in [9.17, 15) is 4.79 Å². The average Bonchev–Trinajstić information content (AvgIpc) is 2.87. The summed E-state index contributed by atoms with van der Waals surface area (Å²) >= 11 is 6.18. The van der Waals surface area contributed by atoms with Crippen LogP contribution in [0.2, 0.25) is 5.02 Å². The zero-order chi connectivity index (χ0) is 11.8. The molecule has 0 spiro atoms. The SMILES string of the molecule is O=C1Cc2cc(NC3CCOC3)c(Cl)cc2N1. The van der Waals surface area contributed by atoms with Crippen LogP contribution < -0.4 is 10.6 Å². The van der Waals surface area contributed by atoms with Gasteiger partial charge in [0.2, 0.25) is 5.91 Å². The number of fused-ring (bicyclic) bond motifs is 1. The summed E-state index contributed by atoms with van der Waals surface area (Å²) in [4.78, 5) is 11.3. The van der Waals surface area contributed by atoms with Gasteiger partial charge < -0.3 is 15.4 Å². The fourth-order valence-electron chi connectivity index (χ4n) is 2.23. The van der Waals surface area contributed by atoms with Crippen molar-refractivity contribution in [3.05, 3.63) is 22.7 Å². The predicted octanol–water partition coefficient (Wildman–Crippen LogP) is 2.04. The summed E-state index contributed by atoms with van der Waals surface area (Å²) in [6.45, 7) is 1.50. The molecule has 2 aliphatic heterocycles. The van der Waals surface area contributed by atoms with Crippen molar-refractivity contribution in [2.75, 3.05) is 23.8 Å². The van der Waals surface area contributed by atoms with Crippen molar-refractivity contribution in [1.29, 1.82) is 0 Å². The summed E-state index contributed by atoms with van der Waals surface area (Å²) in [5, 5.41) is 6.78. The summed E-state index contributed by atoms with van der Waals surface area (Å²) in [6.07, 6.45) is 1.42. The van der Waals surface area contributed by atoms with Crippen LogP contribution in [0.3, 0.4) is 0 Å². The Balaban J connectivity index is 1.85. The zero-order valence-electron chi connectivity index (χ0n) is 9.25. The zero-order valence-corrected chi connectivity index (χ0v) is 10.0. The molecule has 1 amide bonds. The first-order valence-corrected chi connectivity index (χ1v) is 6.07. The number of hydrogen-bond acceptors (Lipinski definition) is 3. The van der Waals surface area contributed by atoms with E-state index >= 15 is 0 Å². The lowest BCUT2D eigenvalue weighted by atomic mass is 10.1. The van der Waals surface area contributed by atoms with Gasteiger partial charge in [-0.1, -0.05) is 11.6 Å². The molecule has 90 valence electrons. The Morgan fingerprint density at radius 1 is 1.47 bits per heavy atom. The standard InChI is InChI=1S/C12H13ClN2O2/c13-9-5-10-7(4-12(16)15-10)3-11(9)14-8-1-2-17-6-8/h3,5,8,14H,1-2,4,6H2,(H,15,16). The number of hydrogen-bond donors (Lipinski definition) is 2. The highest BCUT2D eigenvalue weighted by Gasteiger charge is 2.21. The van der Waals surface area contributed by atoms with Gasteiger partial charge >= 0.3 is 0 Å². The molecule has 0 bridgehead atoms. The average molecular weight is 253 g/mol. The quantitative estimate of drug-likeness (QED) is 0.847. The molecule has 1 atom stereocenters. The van der Waals surface area contributed by atoms with Gasteiger partial charge in [0.25, 0.3) is 0 Å². The summed E-state index contributed by atoms with van der Waals surface area (Å²) < 4.78 is 5.31. The van der Waals surface area contributed by atoms with Crippen LogP contribution in [0.4, 0.5) is 11.4 Å². The van der Waals surface area contributed by atoms with E-state index in [1.54, 1.807) is 6.07 Å². The van der Waals surface area contributed by atoms with Gasteiger partial charge in [0, 0.05) is 12.3 Å². The maximum atomic E-state index is 11.3. The number of carbonyl (C=O) groups is 1. The molecule has 2 N–H and O–H groups in total. The first-order valence-electron chi connectivity index (χ1n) is 5.69. The number of carbonyl (C=O) groups excluding carboxylic acids is 1. The van der Waals surface area contributed by atoms with Crippen molar-refractivity contribution in [3.8, 4) is 0 Å². The minimum atomic E-state index is 0.0254. The molecule has 0 aliphatic carbocycles. The smallest absolute Gasteiger partial charge is 0.228 e. The van der Waals surface area contributed by atoms with E-state index in [1.165, 1.54) is 0 Å². The van der Waals surface area contributed by atoms with Crippen molar-refractivity contribution in [3.63, 3.8) is 0 Å². The fourth-order valence-corrected chi connectivity index (χ4v) is 2.45. The topological polar surface area (TPSA) is 50.4 Å². The number of rotatable bonds is 2. The molecule has 2 heterocycles. The van der Waals surface area contributed by atoms with E-state index in [0.29, 0.717) is 24.1 Å².